The van der Waals surface area contributed by atoms with E-state index >= 15 is 0 Å². The summed E-state index contributed by atoms with van der Waals surface area (Å²) in [5, 5.41) is 0. The highest BCUT2D eigenvalue weighted by molar-refractivity contribution is 7.98. The Labute approximate surface area is 143 Å². The van der Waals surface area contributed by atoms with Crippen LogP contribution >= 0.6 is 11.8 Å². The lowest BCUT2D eigenvalue weighted by atomic mass is 10.1. The number of rotatable bonds is 6. The molecule has 23 heavy (non-hydrogen) atoms. The van der Waals surface area contributed by atoms with E-state index in [0.717, 1.165) is 16.0 Å². The molecule has 3 nitrogen and oxygen atoms in total. The normalized spacial score (nSPS) is 11.3. The van der Waals surface area contributed by atoms with Gasteiger partial charge in [-0.1, -0.05) is 18.2 Å². The van der Waals surface area contributed by atoms with E-state index in [-0.39, 0.29) is 11.4 Å². The minimum absolute atomic E-state index is 0.233. The van der Waals surface area contributed by atoms with E-state index in [4.69, 9.17) is 0 Å². The lowest BCUT2D eigenvalue weighted by molar-refractivity contribution is 0.592. The zero-order valence-electron chi connectivity index (χ0n) is 13.6. The summed E-state index contributed by atoms with van der Waals surface area (Å²) in [6.45, 7) is 7.80. The first kappa shape index (κ1) is 17.6. The average Bonchev–Trinajstić information content (AvgIpc) is 2.55. The van der Waals surface area contributed by atoms with Gasteiger partial charge in [-0.3, -0.25) is 4.31 Å². The van der Waals surface area contributed by atoms with Crippen LogP contribution in [0.3, 0.4) is 0 Å². The topological polar surface area (TPSA) is 37.4 Å². The molecule has 0 fully saturated rings. The van der Waals surface area contributed by atoms with Gasteiger partial charge in [-0.25, -0.2) is 8.42 Å². The third-order valence-electron chi connectivity index (χ3n) is 3.58. The minimum atomic E-state index is -3.63. The van der Waals surface area contributed by atoms with Crippen molar-refractivity contribution in [3.63, 3.8) is 0 Å². The van der Waals surface area contributed by atoms with Gasteiger partial charge in [0.1, 0.15) is 0 Å². The molecule has 0 aliphatic carbocycles. The summed E-state index contributed by atoms with van der Waals surface area (Å²) < 4.78 is 27.5. The SMILES string of the molecule is C=CCN(c1cc(C)ccc1C)S(=O)(=O)c1ccc(SC)cc1. The molecular weight excluding hydrogens is 326 g/mol. The van der Waals surface area contributed by atoms with Gasteiger partial charge < -0.3 is 0 Å². The predicted octanol–water partition coefficient (Wildman–Crippen LogP) is 4.41. The van der Waals surface area contributed by atoms with Crippen LogP contribution in [-0.4, -0.2) is 21.2 Å². The number of hydrogen-bond acceptors (Lipinski definition) is 3. The Hall–Kier alpha value is -1.72. The fourth-order valence-corrected chi connectivity index (χ4v) is 4.21. The Morgan fingerprint density at radius 1 is 1.13 bits per heavy atom. The van der Waals surface area contributed by atoms with Gasteiger partial charge in [0, 0.05) is 4.90 Å². The molecule has 0 heterocycles. The van der Waals surface area contributed by atoms with Crippen molar-refractivity contribution in [1.82, 2.24) is 0 Å². The molecule has 0 saturated carbocycles. The fraction of sp³-hybridized carbons (Fsp3) is 0.222. The molecule has 0 radical (unpaired) electrons. The van der Waals surface area contributed by atoms with Crippen LogP contribution in [0.25, 0.3) is 0 Å². The van der Waals surface area contributed by atoms with Crippen LogP contribution in [0.2, 0.25) is 0 Å². The van der Waals surface area contributed by atoms with Gasteiger partial charge in [0.15, 0.2) is 0 Å². The standard InChI is InChI=1S/C18H21NO2S2/c1-5-12-19(18-13-14(2)6-7-15(18)3)23(20,21)17-10-8-16(22-4)9-11-17/h5-11,13H,1,12H2,2-4H3. The van der Waals surface area contributed by atoms with Crippen LogP contribution in [0.5, 0.6) is 0 Å². The van der Waals surface area contributed by atoms with Crippen molar-refractivity contribution in [2.24, 2.45) is 0 Å². The molecule has 0 aliphatic heterocycles. The third-order valence-corrected chi connectivity index (χ3v) is 6.11. The average molecular weight is 348 g/mol. The van der Waals surface area contributed by atoms with Gasteiger partial charge in [0.25, 0.3) is 10.0 Å². The van der Waals surface area contributed by atoms with Crippen LogP contribution in [0.1, 0.15) is 11.1 Å². The Morgan fingerprint density at radius 2 is 1.78 bits per heavy atom. The van der Waals surface area contributed by atoms with Crippen LogP contribution < -0.4 is 4.31 Å². The predicted molar refractivity (Wildman–Crippen MR) is 98.9 cm³/mol. The second-order valence-electron chi connectivity index (χ2n) is 5.29. The molecule has 0 spiro atoms. The Balaban J connectivity index is 2.54. The van der Waals surface area contributed by atoms with Crippen molar-refractivity contribution in [3.05, 3.63) is 66.2 Å². The molecule has 0 aliphatic rings. The second kappa shape index (κ2) is 7.23. The largest absolute Gasteiger partial charge is 0.264 e. The second-order valence-corrected chi connectivity index (χ2v) is 8.03. The maximum atomic E-state index is 13.1. The summed E-state index contributed by atoms with van der Waals surface area (Å²) in [5.74, 6) is 0. The van der Waals surface area contributed by atoms with Crippen molar-refractivity contribution < 1.29 is 8.42 Å². The Bertz CT molecular complexity index is 796. The lowest BCUT2D eigenvalue weighted by Crippen LogP contribution is -2.31. The first-order chi connectivity index (χ1) is 10.9. The van der Waals surface area contributed by atoms with Gasteiger partial charge in [0.05, 0.1) is 17.1 Å². The van der Waals surface area contributed by atoms with Gasteiger partial charge in [-0.15, -0.1) is 18.3 Å². The van der Waals surface area contributed by atoms with Gasteiger partial charge in [-0.05, 0) is 61.6 Å². The van der Waals surface area contributed by atoms with Crippen molar-refractivity contribution in [3.8, 4) is 0 Å². The fourth-order valence-electron chi connectivity index (χ4n) is 2.31. The molecule has 0 unspecified atom stereocenters. The number of thioether (sulfide) groups is 1. The van der Waals surface area contributed by atoms with E-state index in [2.05, 4.69) is 6.58 Å². The Morgan fingerprint density at radius 3 is 2.35 bits per heavy atom. The van der Waals surface area contributed by atoms with E-state index < -0.39 is 10.0 Å². The molecule has 2 aromatic carbocycles. The summed E-state index contributed by atoms with van der Waals surface area (Å²) in [6.07, 6.45) is 3.57. The van der Waals surface area contributed by atoms with E-state index in [9.17, 15) is 8.42 Å². The molecule has 0 amide bonds. The molecule has 2 aromatic rings. The van der Waals surface area contributed by atoms with Gasteiger partial charge in [0.2, 0.25) is 0 Å². The first-order valence-corrected chi connectivity index (χ1v) is 9.91. The molecule has 0 N–H and O–H groups in total. The van der Waals surface area contributed by atoms with Crippen LogP contribution in [0, 0.1) is 13.8 Å². The molecule has 0 aromatic heterocycles. The zero-order valence-corrected chi connectivity index (χ0v) is 15.2. The number of benzene rings is 2. The number of sulfonamides is 1. The lowest BCUT2D eigenvalue weighted by Gasteiger charge is -2.25. The highest BCUT2D eigenvalue weighted by atomic mass is 32.2. The zero-order chi connectivity index (χ0) is 17.0. The molecule has 0 atom stereocenters. The van der Waals surface area contributed by atoms with E-state index in [1.807, 2.05) is 50.4 Å². The highest BCUT2D eigenvalue weighted by Gasteiger charge is 2.25. The number of aryl methyl sites for hydroxylation is 2. The highest BCUT2D eigenvalue weighted by Crippen LogP contribution is 2.28. The van der Waals surface area contributed by atoms with Crippen LogP contribution in [0.4, 0.5) is 5.69 Å². The summed E-state index contributed by atoms with van der Waals surface area (Å²) in [6, 6.07) is 12.8. The smallest absolute Gasteiger partial charge is 0.262 e. The van der Waals surface area contributed by atoms with Crippen LogP contribution in [-0.2, 0) is 10.0 Å². The summed E-state index contributed by atoms with van der Waals surface area (Å²) in [7, 11) is -3.63. The van der Waals surface area contributed by atoms with Crippen molar-refractivity contribution in [1.29, 1.82) is 0 Å². The monoisotopic (exact) mass is 347 g/mol. The Kier molecular flexibility index (Phi) is 5.55. The van der Waals surface area contributed by atoms with E-state index in [1.54, 1.807) is 30.0 Å². The summed E-state index contributed by atoms with van der Waals surface area (Å²) in [5.41, 5.74) is 2.63. The molecule has 122 valence electrons. The van der Waals surface area contributed by atoms with Crippen molar-refractivity contribution >= 4 is 27.5 Å². The number of anilines is 1. The van der Waals surface area contributed by atoms with Gasteiger partial charge >= 0.3 is 0 Å². The van der Waals surface area contributed by atoms with E-state index in [0.29, 0.717) is 5.69 Å². The molecule has 2 rings (SSSR count). The number of hydrogen-bond donors (Lipinski definition) is 0. The van der Waals surface area contributed by atoms with Crippen molar-refractivity contribution in [2.75, 3.05) is 17.1 Å². The van der Waals surface area contributed by atoms with Crippen molar-refractivity contribution in [2.45, 2.75) is 23.6 Å². The number of nitrogens with zero attached hydrogens (tertiary/aromatic N) is 1. The maximum Gasteiger partial charge on any atom is 0.264 e. The maximum absolute atomic E-state index is 13.1. The quantitative estimate of drug-likeness (QED) is 0.574. The van der Waals surface area contributed by atoms with Crippen LogP contribution in [0.15, 0.2) is 64.9 Å². The summed E-state index contributed by atoms with van der Waals surface area (Å²) >= 11 is 1.58. The molecule has 5 heteroatoms. The molecule has 0 bridgehead atoms. The minimum Gasteiger partial charge on any atom is -0.262 e. The molecular formula is C18H21NO2S2. The third kappa shape index (κ3) is 3.79. The first-order valence-electron chi connectivity index (χ1n) is 7.25. The molecule has 0 saturated heterocycles. The van der Waals surface area contributed by atoms with E-state index in [1.165, 1.54) is 4.31 Å². The van der Waals surface area contributed by atoms with Gasteiger partial charge in [-0.2, -0.15) is 0 Å². The summed E-state index contributed by atoms with van der Waals surface area (Å²) in [4.78, 5) is 1.32.